The van der Waals surface area contributed by atoms with Gasteiger partial charge in [-0.05, 0) is 73.9 Å². The topological polar surface area (TPSA) is 82.7 Å². The van der Waals surface area contributed by atoms with Gasteiger partial charge >= 0.3 is 0 Å². The summed E-state index contributed by atoms with van der Waals surface area (Å²) in [4.78, 5) is 2.33. The number of hydrogen-bond acceptors (Lipinski definition) is 5. The molecule has 168 valence electrons. The smallest absolute Gasteiger partial charge is 0.264 e. The Hall–Kier alpha value is -2.07. The Morgan fingerprint density at radius 2 is 1.77 bits per heavy atom. The van der Waals surface area contributed by atoms with Gasteiger partial charge in [0.15, 0.2) is 5.11 Å². The molecule has 3 rings (SSSR count). The van der Waals surface area contributed by atoms with Gasteiger partial charge in [0, 0.05) is 43.1 Å². The molecule has 0 spiro atoms. The van der Waals surface area contributed by atoms with Gasteiger partial charge in [-0.3, -0.25) is 4.72 Å². The van der Waals surface area contributed by atoms with Gasteiger partial charge in [-0.2, -0.15) is 0 Å². The van der Waals surface area contributed by atoms with Crippen molar-refractivity contribution in [2.75, 3.05) is 48.3 Å². The largest absolute Gasteiger partial charge is 0.383 e. The van der Waals surface area contributed by atoms with E-state index in [1.165, 1.54) is 0 Å². The fourth-order valence-electron chi connectivity index (χ4n) is 3.37. The van der Waals surface area contributed by atoms with E-state index in [-0.39, 0.29) is 4.90 Å². The molecule has 1 aliphatic rings. The van der Waals surface area contributed by atoms with Crippen molar-refractivity contribution in [1.29, 1.82) is 0 Å². The van der Waals surface area contributed by atoms with Crippen LogP contribution in [0, 0.1) is 0 Å². The van der Waals surface area contributed by atoms with Crippen LogP contribution >= 0.6 is 23.8 Å². The van der Waals surface area contributed by atoms with Crippen LogP contribution in [0.4, 0.5) is 17.1 Å². The van der Waals surface area contributed by atoms with Gasteiger partial charge in [-0.25, -0.2) is 8.42 Å². The average molecular weight is 483 g/mol. The number of rotatable bonds is 8. The van der Waals surface area contributed by atoms with E-state index >= 15 is 0 Å². The number of halogens is 1. The number of methoxy groups -OCH3 is 1. The second kappa shape index (κ2) is 11.0. The number of nitrogens with zero attached hydrogens (tertiary/aromatic N) is 1. The molecule has 0 atom stereocenters. The first-order chi connectivity index (χ1) is 14.9. The Balaban J connectivity index is 1.89. The lowest BCUT2D eigenvalue weighted by Gasteiger charge is -2.30. The van der Waals surface area contributed by atoms with Crippen molar-refractivity contribution in [3.8, 4) is 0 Å². The monoisotopic (exact) mass is 482 g/mol. The highest BCUT2D eigenvalue weighted by molar-refractivity contribution is 7.93. The molecule has 0 amide bonds. The van der Waals surface area contributed by atoms with E-state index < -0.39 is 10.0 Å². The first kappa shape index (κ1) is 23.6. The van der Waals surface area contributed by atoms with Gasteiger partial charge in [-0.15, -0.1) is 0 Å². The number of piperidine rings is 1. The molecule has 0 saturated carbocycles. The normalized spacial score (nSPS) is 14.2. The highest BCUT2D eigenvalue weighted by atomic mass is 35.5. The van der Waals surface area contributed by atoms with Gasteiger partial charge in [0.05, 0.1) is 12.3 Å². The van der Waals surface area contributed by atoms with Crippen LogP contribution in [0.25, 0.3) is 0 Å². The standard InChI is InChI=1S/C21H27ClN4O3S2/c1-29-14-11-23-21(30)24-18-9-10-19(26-12-3-2-4-13-26)20(15-18)31(27,28)25-17-7-5-16(22)6-8-17/h5-10,15,25H,2-4,11-14H2,1H3,(H2,23,24,30). The minimum atomic E-state index is -3.84. The lowest BCUT2D eigenvalue weighted by atomic mass is 10.1. The van der Waals surface area contributed by atoms with Crippen molar-refractivity contribution in [1.82, 2.24) is 5.32 Å². The molecule has 1 heterocycles. The summed E-state index contributed by atoms with van der Waals surface area (Å²) < 4.78 is 34.3. The number of benzene rings is 2. The summed E-state index contributed by atoms with van der Waals surface area (Å²) in [6.07, 6.45) is 3.23. The zero-order valence-corrected chi connectivity index (χ0v) is 19.7. The molecule has 1 fully saturated rings. The minimum Gasteiger partial charge on any atom is -0.383 e. The quantitative estimate of drug-likeness (QED) is 0.386. The van der Waals surface area contributed by atoms with Gasteiger partial charge in [0.2, 0.25) is 0 Å². The van der Waals surface area contributed by atoms with Gasteiger partial charge < -0.3 is 20.3 Å². The maximum atomic E-state index is 13.3. The highest BCUT2D eigenvalue weighted by Crippen LogP contribution is 2.32. The van der Waals surface area contributed by atoms with E-state index in [2.05, 4.69) is 20.3 Å². The van der Waals surface area contributed by atoms with Gasteiger partial charge in [0.1, 0.15) is 4.90 Å². The van der Waals surface area contributed by atoms with Crippen LogP contribution in [0.3, 0.4) is 0 Å². The number of thiocarbonyl (C=S) groups is 1. The van der Waals surface area contributed by atoms with E-state index in [1.807, 2.05) is 12.1 Å². The minimum absolute atomic E-state index is 0.203. The van der Waals surface area contributed by atoms with Crippen molar-refractivity contribution < 1.29 is 13.2 Å². The van der Waals surface area contributed by atoms with Crippen molar-refractivity contribution in [3.05, 3.63) is 47.5 Å². The fraction of sp³-hybridized carbons (Fsp3) is 0.381. The number of anilines is 3. The van der Waals surface area contributed by atoms with Crippen LogP contribution in [0.1, 0.15) is 19.3 Å². The average Bonchev–Trinajstić information content (AvgIpc) is 2.76. The van der Waals surface area contributed by atoms with Crippen LogP contribution < -0.4 is 20.3 Å². The molecular weight excluding hydrogens is 456 g/mol. The van der Waals surface area contributed by atoms with Crippen molar-refractivity contribution in [3.63, 3.8) is 0 Å². The summed E-state index contributed by atoms with van der Waals surface area (Å²) in [6.45, 7) is 2.72. The third kappa shape index (κ3) is 6.70. The molecule has 10 heteroatoms. The zero-order chi connectivity index (χ0) is 22.3. The van der Waals surface area contributed by atoms with Crippen LogP contribution in [-0.4, -0.2) is 46.9 Å². The molecule has 31 heavy (non-hydrogen) atoms. The van der Waals surface area contributed by atoms with Crippen molar-refractivity contribution in [2.45, 2.75) is 24.2 Å². The molecule has 0 aromatic heterocycles. The lowest BCUT2D eigenvalue weighted by Crippen LogP contribution is -2.32. The Morgan fingerprint density at radius 1 is 1.10 bits per heavy atom. The molecule has 0 aliphatic carbocycles. The summed E-state index contributed by atoms with van der Waals surface area (Å²) in [5, 5.41) is 7.01. The molecule has 1 aliphatic heterocycles. The van der Waals surface area contributed by atoms with E-state index in [0.717, 1.165) is 32.4 Å². The predicted molar refractivity (Wildman–Crippen MR) is 131 cm³/mol. The van der Waals surface area contributed by atoms with Crippen molar-refractivity contribution >= 4 is 56.0 Å². The SMILES string of the molecule is COCCNC(=S)Nc1ccc(N2CCCCC2)c(S(=O)(=O)Nc2ccc(Cl)cc2)c1. The van der Waals surface area contributed by atoms with Gasteiger partial charge in [0.25, 0.3) is 10.0 Å². The molecule has 1 saturated heterocycles. The number of sulfonamides is 1. The molecule has 0 bridgehead atoms. The Morgan fingerprint density at radius 3 is 2.45 bits per heavy atom. The molecule has 0 radical (unpaired) electrons. The second-order valence-corrected chi connectivity index (χ2v) is 9.71. The fourth-order valence-corrected chi connectivity index (χ4v) is 5.03. The van der Waals surface area contributed by atoms with Crippen LogP contribution in [0.5, 0.6) is 0 Å². The summed E-state index contributed by atoms with van der Waals surface area (Å²) in [5.41, 5.74) is 1.72. The Kier molecular flexibility index (Phi) is 8.36. The maximum Gasteiger partial charge on any atom is 0.264 e. The molecular formula is C21H27ClN4O3S2. The van der Waals surface area contributed by atoms with Crippen LogP contribution in [0.15, 0.2) is 47.4 Å². The molecule has 0 unspecified atom stereocenters. The van der Waals surface area contributed by atoms with E-state index in [4.69, 9.17) is 28.6 Å². The summed E-state index contributed by atoms with van der Waals surface area (Å²) in [7, 11) is -2.23. The molecule has 2 aromatic carbocycles. The predicted octanol–water partition coefficient (Wildman–Crippen LogP) is 4.06. The van der Waals surface area contributed by atoms with E-state index in [0.29, 0.717) is 40.3 Å². The van der Waals surface area contributed by atoms with Crippen molar-refractivity contribution in [2.24, 2.45) is 0 Å². The summed E-state index contributed by atoms with van der Waals surface area (Å²) in [6, 6.07) is 11.9. The lowest BCUT2D eigenvalue weighted by molar-refractivity contribution is 0.204. The third-order valence-corrected chi connectivity index (χ3v) is 6.80. The first-order valence-electron chi connectivity index (χ1n) is 10.1. The maximum absolute atomic E-state index is 13.3. The van der Waals surface area contributed by atoms with Gasteiger partial charge in [-0.1, -0.05) is 11.6 Å². The highest BCUT2D eigenvalue weighted by Gasteiger charge is 2.24. The molecule has 3 N–H and O–H groups in total. The molecule has 7 nitrogen and oxygen atoms in total. The second-order valence-electron chi connectivity index (χ2n) is 7.22. The van der Waals surface area contributed by atoms with E-state index in [9.17, 15) is 8.42 Å². The van der Waals surface area contributed by atoms with Crippen LogP contribution in [0.2, 0.25) is 5.02 Å². The first-order valence-corrected chi connectivity index (χ1v) is 12.4. The summed E-state index contributed by atoms with van der Waals surface area (Å²) in [5.74, 6) is 0. The number of hydrogen-bond donors (Lipinski definition) is 3. The Labute approximate surface area is 194 Å². The van der Waals surface area contributed by atoms with E-state index in [1.54, 1.807) is 37.4 Å². The number of nitrogens with one attached hydrogen (secondary N) is 3. The van der Waals surface area contributed by atoms with Crippen LogP contribution in [-0.2, 0) is 14.8 Å². The third-order valence-electron chi connectivity index (χ3n) is 4.89. The Bertz CT molecular complexity index is 994. The number of ether oxygens (including phenoxy) is 1. The molecule has 2 aromatic rings. The summed E-state index contributed by atoms with van der Waals surface area (Å²) >= 11 is 11.2. The zero-order valence-electron chi connectivity index (χ0n) is 17.4.